The Kier molecular flexibility index (Phi) is 5.49. The van der Waals surface area contributed by atoms with Crippen LogP contribution in [0, 0.1) is 0 Å². The largest absolute Gasteiger partial charge is 0.352 e. The lowest BCUT2D eigenvalue weighted by Gasteiger charge is -2.21. The topological polar surface area (TPSA) is 73.1 Å². The second kappa shape index (κ2) is 7.21. The zero-order valence-electron chi connectivity index (χ0n) is 14.3. The third-order valence-corrected chi connectivity index (χ3v) is 4.45. The van der Waals surface area contributed by atoms with Crippen LogP contribution in [-0.2, 0) is 11.3 Å². The third-order valence-electron chi connectivity index (χ3n) is 4.22. The Balaban J connectivity index is 2.72. The highest BCUT2D eigenvalue weighted by molar-refractivity contribution is 6.31. The van der Waals surface area contributed by atoms with Crippen molar-refractivity contribution in [3.8, 4) is 0 Å². The van der Waals surface area contributed by atoms with Gasteiger partial charge in [-0.05, 0) is 45.4 Å². The van der Waals surface area contributed by atoms with E-state index in [1.165, 1.54) is 4.57 Å². The number of benzene rings is 1. The number of aromatic nitrogens is 2. The van der Waals surface area contributed by atoms with E-state index in [-0.39, 0.29) is 24.1 Å². The number of hydrogen-bond donors (Lipinski definition) is 1. The average Bonchev–Trinajstić information content (AvgIpc) is 2.54. The summed E-state index contributed by atoms with van der Waals surface area (Å²) in [5.41, 5.74) is -0.516. The molecule has 0 fully saturated rings. The fourth-order valence-electron chi connectivity index (χ4n) is 2.59. The van der Waals surface area contributed by atoms with Gasteiger partial charge in [-0.3, -0.25) is 18.7 Å². The van der Waals surface area contributed by atoms with Crippen LogP contribution in [0.2, 0.25) is 5.02 Å². The van der Waals surface area contributed by atoms with Crippen molar-refractivity contribution in [2.24, 2.45) is 0 Å². The smallest absolute Gasteiger partial charge is 0.332 e. The zero-order valence-corrected chi connectivity index (χ0v) is 15.1. The van der Waals surface area contributed by atoms with Gasteiger partial charge in [-0.25, -0.2) is 4.79 Å². The van der Waals surface area contributed by atoms with Crippen molar-refractivity contribution < 1.29 is 4.79 Å². The maximum atomic E-state index is 12.8. The number of hydrogen-bond acceptors (Lipinski definition) is 3. The Morgan fingerprint density at radius 2 is 1.92 bits per heavy atom. The number of carbonyl (C=O) groups is 1. The number of fused-ring (bicyclic) bond motifs is 1. The Morgan fingerprint density at radius 3 is 2.50 bits per heavy atom. The molecule has 1 heterocycles. The average molecular weight is 352 g/mol. The normalized spacial score (nSPS) is 13.7. The Bertz CT molecular complexity index is 885. The molecule has 0 aliphatic heterocycles. The van der Waals surface area contributed by atoms with Crippen LogP contribution in [0.3, 0.4) is 0 Å². The van der Waals surface area contributed by atoms with Crippen LogP contribution < -0.4 is 16.6 Å². The van der Waals surface area contributed by atoms with E-state index < -0.39 is 11.7 Å². The summed E-state index contributed by atoms with van der Waals surface area (Å²) in [4.78, 5) is 37.7. The molecule has 2 rings (SSSR count). The van der Waals surface area contributed by atoms with Crippen LogP contribution in [0.15, 0.2) is 27.8 Å². The summed E-state index contributed by atoms with van der Waals surface area (Å²) in [7, 11) is 0. The van der Waals surface area contributed by atoms with E-state index in [2.05, 4.69) is 5.32 Å². The van der Waals surface area contributed by atoms with Gasteiger partial charge in [0.1, 0.15) is 6.04 Å². The van der Waals surface area contributed by atoms with E-state index in [9.17, 15) is 14.4 Å². The molecule has 1 aromatic heterocycles. The van der Waals surface area contributed by atoms with Crippen molar-refractivity contribution in [3.63, 3.8) is 0 Å². The molecule has 0 aliphatic rings. The van der Waals surface area contributed by atoms with Gasteiger partial charge < -0.3 is 5.32 Å². The van der Waals surface area contributed by atoms with Crippen molar-refractivity contribution >= 4 is 28.4 Å². The summed E-state index contributed by atoms with van der Waals surface area (Å²) in [6.07, 6.45) is 0.786. The minimum atomic E-state index is -0.758. The quantitative estimate of drug-likeness (QED) is 0.898. The van der Waals surface area contributed by atoms with Crippen LogP contribution in [-0.4, -0.2) is 21.1 Å². The molecule has 0 unspecified atom stereocenters. The number of nitrogens with zero attached hydrogens (tertiary/aromatic N) is 2. The van der Waals surface area contributed by atoms with Crippen LogP contribution >= 0.6 is 11.6 Å². The highest BCUT2D eigenvalue weighted by Crippen LogP contribution is 2.18. The van der Waals surface area contributed by atoms with Crippen molar-refractivity contribution in [2.75, 3.05) is 0 Å². The van der Waals surface area contributed by atoms with Crippen LogP contribution in [0.4, 0.5) is 0 Å². The van der Waals surface area contributed by atoms with Crippen LogP contribution in [0.5, 0.6) is 0 Å². The molecule has 1 amide bonds. The molecule has 0 saturated carbocycles. The first kappa shape index (κ1) is 18.3. The molecule has 6 nitrogen and oxygen atoms in total. The molecule has 24 heavy (non-hydrogen) atoms. The Morgan fingerprint density at radius 1 is 1.25 bits per heavy atom. The van der Waals surface area contributed by atoms with Gasteiger partial charge in [0.25, 0.3) is 5.56 Å². The van der Waals surface area contributed by atoms with Gasteiger partial charge in [0.15, 0.2) is 0 Å². The molecule has 2 aromatic rings. The standard InChI is InChI=1S/C17H22ClN3O3/c1-5-10(3)19-15(22)11(4)21-14-9-12(18)7-8-13(14)16(23)20(6-2)17(21)24/h7-11H,5-6H2,1-4H3,(H,19,22)/t10-,11-/m1/s1. The number of amides is 1. The third kappa shape index (κ3) is 3.24. The second-order valence-electron chi connectivity index (χ2n) is 5.86. The molecule has 0 radical (unpaired) electrons. The summed E-state index contributed by atoms with van der Waals surface area (Å²) in [5.74, 6) is -0.269. The first-order valence-electron chi connectivity index (χ1n) is 8.06. The van der Waals surface area contributed by atoms with Gasteiger partial charge in [-0.15, -0.1) is 0 Å². The van der Waals surface area contributed by atoms with Gasteiger partial charge in [-0.1, -0.05) is 18.5 Å². The highest BCUT2D eigenvalue weighted by atomic mass is 35.5. The summed E-state index contributed by atoms with van der Waals surface area (Å²) < 4.78 is 2.47. The molecule has 1 N–H and O–H groups in total. The van der Waals surface area contributed by atoms with Crippen molar-refractivity contribution in [1.29, 1.82) is 0 Å². The van der Waals surface area contributed by atoms with Crippen LogP contribution in [0.1, 0.15) is 40.2 Å². The van der Waals surface area contributed by atoms with Gasteiger partial charge in [-0.2, -0.15) is 0 Å². The number of rotatable bonds is 5. The van der Waals surface area contributed by atoms with E-state index in [0.717, 1.165) is 11.0 Å². The van der Waals surface area contributed by atoms with Crippen molar-refractivity contribution in [3.05, 3.63) is 44.1 Å². The van der Waals surface area contributed by atoms with Crippen molar-refractivity contribution in [1.82, 2.24) is 14.5 Å². The lowest BCUT2D eigenvalue weighted by molar-refractivity contribution is -0.124. The predicted octanol–water partition coefficient (Wildman–Crippen LogP) is 2.31. The predicted molar refractivity (Wildman–Crippen MR) is 95.8 cm³/mol. The van der Waals surface area contributed by atoms with E-state index in [0.29, 0.717) is 15.9 Å². The molecule has 130 valence electrons. The van der Waals surface area contributed by atoms with E-state index in [4.69, 9.17) is 11.6 Å². The first-order valence-corrected chi connectivity index (χ1v) is 8.44. The Hall–Kier alpha value is -2.08. The number of carbonyl (C=O) groups excluding carboxylic acids is 1. The molecular formula is C17H22ClN3O3. The fourth-order valence-corrected chi connectivity index (χ4v) is 2.75. The van der Waals surface area contributed by atoms with E-state index >= 15 is 0 Å². The summed E-state index contributed by atoms with van der Waals surface area (Å²) in [6, 6.07) is 3.98. The molecule has 0 aliphatic carbocycles. The zero-order chi connectivity index (χ0) is 18.0. The fraction of sp³-hybridized carbons (Fsp3) is 0.471. The maximum absolute atomic E-state index is 12.8. The lowest BCUT2D eigenvalue weighted by Crippen LogP contribution is -2.45. The number of nitrogens with one attached hydrogen (secondary N) is 1. The van der Waals surface area contributed by atoms with E-state index in [1.807, 2.05) is 13.8 Å². The molecule has 7 heteroatoms. The van der Waals surface area contributed by atoms with Gasteiger partial charge in [0.05, 0.1) is 10.9 Å². The Labute approximate surface area is 145 Å². The molecular weight excluding hydrogens is 330 g/mol. The minimum absolute atomic E-state index is 0.00239. The monoisotopic (exact) mass is 351 g/mol. The molecule has 2 atom stereocenters. The lowest BCUT2D eigenvalue weighted by atomic mass is 10.2. The summed E-state index contributed by atoms with van der Waals surface area (Å²) in [6.45, 7) is 7.46. The number of halogens is 1. The summed E-state index contributed by atoms with van der Waals surface area (Å²) >= 11 is 6.04. The highest BCUT2D eigenvalue weighted by Gasteiger charge is 2.22. The van der Waals surface area contributed by atoms with Crippen molar-refractivity contribution in [2.45, 2.75) is 52.7 Å². The van der Waals surface area contributed by atoms with E-state index in [1.54, 1.807) is 32.0 Å². The minimum Gasteiger partial charge on any atom is -0.352 e. The SMILES string of the molecule is CC[C@@H](C)NC(=O)[C@@H](C)n1c(=O)n(CC)c(=O)c2ccc(Cl)cc21. The molecule has 0 spiro atoms. The molecule has 0 bridgehead atoms. The maximum Gasteiger partial charge on any atom is 0.332 e. The van der Waals surface area contributed by atoms with Gasteiger partial charge >= 0.3 is 5.69 Å². The van der Waals surface area contributed by atoms with Crippen LogP contribution in [0.25, 0.3) is 10.9 Å². The summed E-state index contributed by atoms with van der Waals surface area (Å²) in [5, 5.41) is 3.63. The molecule has 1 aromatic carbocycles. The van der Waals surface area contributed by atoms with Gasteiger partial charge in [0.2, 0.25) is 5.91 Å². The molecule has 0 saturated heterocycles. The van der Waals surface area contributed by atoms with Gasteiger partial charge in [0, 0.05) is 17.6 Å². The first-order chi connectivity index (χ1) is 11.3. The second-order valence-corrected chi connectivity index (χ2v) is 6.29.